The van der Waals surface area contributed by atoms with E-state index in [4.69, 9.17) is 37.5 Å². The maximum atomic E-state index is 13.2. The first kappa shape index (κ1) is 27.5. The molecule has 9 heteroatoms. The zero-order valence-electron chi connectivity index (χ0n) is 21.1. The molecule has 4 rings (SSSR count). The van der Waals surface area contributed by atoms with Crippen LogP contribution in [0.25, 0.3) is 0 Å². The van der Waals surface area contributed by atoms with E-state index in [1.165, 1.54) is 0 Å². The average Bonchev–Trinajstić information content (AvgIpc) is 3.33. The molecule has 3 aromatic rings. The molecule has 0 spiro atoms. The predicted octanol–water partition coefficient (Wildman–Crippen LogP) is 5.75. The normalized spacial score (nSPS) is 17.2. The first-order chi connectivity index (χ1) is 18.3. The Morgan fingerprint density at radius 1 is 1.03 bits per heavy atom. The second-order valence-electron chi connectivity index (χ2n) is 9.02. The highest BCUT2D eigenvalue weighted by atomic mass is 35.5. The first-order valence-corrected chi connectivity index (χ1v) is 13.0. The van der Waals surface area contributed by atoms with Crippen LogP contribution < -0.4 is 10.1 Å². The predicted molar refractivity (Wildman–Crippen MR) is 147 cm³/mol. The summed E-state index contributed by atoms with van der Waals surface area (Å²) in [4.78, 5) is 31.5. The van der Waals surface area contributed by atoms with Crippen LogP contribution in [0.4, 0.5) is 0 Å². The SMILES string of the molecule is CCOC(=O)[C@H](Cc1ccc(OCc2c(Cl)cccc2Cl)cc1)NC(=O)C1(C)CC(c2ccccc2)=NO1. The topological polar surface area (TPSA) is 86.2 Å². The summed E-state index contributed by atoms with van der Waals surface area (Å²) in [6, 6.07) is 21.1. The number of esters is 1. The molecule has 1 unspecified atom stereocenters. The number of carbonyl (C=O) groups excluding carboxylic acids is 2. The number of hydrogen-bond donors (Lipinski definition) is 1. The van der Waals surface area contributed by atoms with E-state index >= 15 is 0 Å². The van der Waals surface area contributed by atoms with Crippen molar-refractivity contribution in [3.8, 4) is 5.75 Å². The van der Waals surface area contributed by atoms with Gasteiger partial charge in [0.05, 0.1) is 12.3 Å². The van der Waals surface area contributed by atoms with Gasteiger partial charge < -0.3 is 19.6 Å². The van der Waals surface area contributed by atoms with Crippen molar-refractivity contribution in [2.75, 3.05) is 6.61 Å². The van der Waals surface area contributed by atoms with Crippen molar-refractivity contribution >= 4 is 40.8 Å². The Morgan fingerprint density at radius 3 is 2.37 bits per heavy atom. The summed E-state index contributed by atoms with van der Waals surface area (Å²) < 4.78 is 11.1. The number of halogens is 2. The van der Waals surface area contributed by atoms with Crippen LogP contribution in [0.3, 0.4) is 0 Å². The third-order valence-electron chi connectivity index (χ3n) is 6.13. The van der Waals surface area contributed by atoms with E-state index < -0.39 is 23.5 Å². The maximum Gasteiger partial charge on any atom is 0.328 e. The number of hydrogen-bond acceptors (Lipinski definition) is 6. The van der Waals surface area contributed by atoms with Gasteiger partial charge in [0, 0.05) is 28.5 Å². The Morgan fingerprint density at radius 2 is 1.71 bits per heavy atom. The lowest BCUT2D eigenvalue weighted by atomic mass is 9.94. The van der Waals surface area contributed by atoms with Crippen LogP contribution in [0.2, 0.25) is 10.0 Å². The molecular weight excluding hydrogens is 527 g/mol. The van der Waals surface area contributed by atoms with Gasteiger partial charge in [-0.05, 0) is 49.2 Å². The van der Waals surface area contributed by atoms with Gasteiger partial charge in [0.1, 0.15) is 18.4 Å². The number of rotatable bonds is 10. The Bertz CT molecular complexity index is 1290. The Hall–Kier alpha value is -3.55. The van der Waals surface area contributed by atoms with E-state index in [1.807, 2.05) is 42.5 Å². The van der Waals surface area contributed by atoms with Crippen LogP contribution >= 0.6 is 23.2 Å². The van der Waals surface area contributed by atoms with Gasteiger partial charge in [-0.1, -0.05) is 76.9 Å². The second-order valence-corrected chi connectivity index (χ2v) is 9.83. The number of nitrogens with zero attached hydrogens (tertiary/aromatic N) is 1. The van der Waals surface area contributed by atoms with E-state index in [2.05, 4.69) is 10.5 Å². The molecule has 0 fully saturated rings. The minimum Gasteiger partial charge on any atom is -0.489 e. The standard InChI is InChI=1S/C29H28Cl2N2O5/c1-3-36-27(34)25(32-28(35)29(2)17-26(33-38-29)20-8-5-4-6-9-20)16-19-12-14-21(15-13-19)37-18-22-23(30)10-7-11-24(22)31/h4-15,25H,3,16-18H2,1-2H3,(H,32,35)/t25-,29?/m0/s1. The van der Waals surface area contributed by atoms with Gasteiger partial charge in [-0.15, -0.1) is 0 Å². The Labute approximate surface area is 231 Å². The molecular formula is C29H28Cl2N2O5. The van der Waals surface area contributed by atoms with E-state index in [0.717, 1.165) is 11.1 Å². The van der Waals surface area contributed by atoms with Crippen LogP contribution in [-0.2, 0) is 32.2 Å². The first-order valence-electron chi connectivity index (χ1n) is 12.2. The van der Waals surface area contributed by atoms with Gasteiger partial charge in [-0.3, -0.25) is 4.79 Å². The van der Waals surface area contributed by atoms with E-state index in [0.29, 0.717) is 27.1 Å². The largest absolute Gasteiger partial charge is 0.489 e. The molecule has 38 heavy (non-hydrogen) atoms. The van der Waals surface area contributed by atoms with Gasteiger partial charge in [0.15, 0.2) is 0 Å². The molecule has 0 radical (unpaired) electrons. The summed E-state index contributed by atoms with van der Waals surface area (Å²) in [6.07, 6.45) is 0.504. The van der Waals surface area contributed by atoms with Gasteiger partial charge >= 0.3 is 5.97 Å². The second kappa shape index (κ2) is 12.3. The fraction of sp³-hybridized carbons (Fsp3) is 0.276. The Kier molecular flexibility index (Phi) is 8.92. The molecule has 0 aromatic heterocycles. The van der Waals surface area contributed by atoms with Gasteiger partial charge in [-0.2, -0.15) is 0 Å². The molecule has 2 atom stereocenters. The molecule has 1 aliphatic rings. The number of benzene rings is 3. The molecule has 0 saturated carbocycles. The zero-order valence-corrected chi connectivity index (χ0v) is 22.6. The third-order valence-corrected chi connectivity index (χ3v) is 6.84. The van der Waals surface area contributed by atoms with Crippen LogP contribution in [-0.4, -0.2) is 35.8 Å². The molecule has 1 aliphatic heterocycles. The van der Waals surface area contributed by atoms with Crippen LogP contribution in [0, 0.1) is 0 Å². The van der Waals surface area contributed by atoms with Crippen LogP contribution in [0.1, 0.15) is 37.0 Å². The van der Waals surface area contributed by atoms with Crippen molar-refractivity contribution in [1.82, 2.24) is 5.32 Å². The van der Waals surface area contributed by atoms with Crippen molar-refractivity contribution in [1.29, 1.82) is 0 Å². The minimum absolute atomic E-state index is 0.192. The number of amides is 1. The highest BCUT2D eigenvalue weighted by molar-refractivity contribution is 6.35. The molecule has 1 heterocycles. The molecule has 1 N–H and O–H groups in total. The van der Waals surface area contributed by atoms with E-state index in [9.17, 15) is 9.59 Å². The molecule has 1 amide bonds. The van der Waals surface area contributed by atoms with Gasteiger partial charge in [0.25, 0.3) is 5.91 Å². The fourth-order valence-corrected chi connectivity index (χ4v) is 4.48. The number of nitrogens with one attached hydrogen (secondary N) is 1. The monoisotopic (exact) mass is 554 g/mol. The smallest absolute Gasteiger partial charge is 0.328 e. The highest BCUT2D eigenvalue weighted by Gasteiger charge is 2.43. The fourth-order valence-electron chi connectivity index (χ4n) is 3.98. The number of carbonyl (C=O) groups is 2. The minimum atomic E-state index is -1.24. The van der Waals surface area contributed by atoms with Gasteiger partial charge in [0.2, 0.25) is 5.60 Å². The van der Waals surface area contributed by atoms with Gasteiger partial charge in [-0.25, -0.2) is 4.79 Å². The molecule has 7 nitrogen and oxygen atoms in total. The lowest BCUT2D eigenvalue weighted by molar-refractivity contribution is -0.151. The summed E-state index contributed by atoms with van der Waals surface area (Å²) in [7, 11) is 0. The Balaban J connectivity index is 1.40. The van der Waals surface area contributed by atoms with Crippen molar-refractivity contribution in [2.45, 2.75) is 44.9 Å². The van der Waals surface area contributed by atoms with Crippen molar-refractivity contribution in [2.24, 2.45) is 5.16 Å². The average molecular weight is 555 g/mol. The van der Waals surface area contributed by atoms with Crippen LogP contribution in [0.15, 0.2) is 78.0 Å². The summed E-state index contributed by atoms with van der Waals surface area (Å²) in [6.45, 7) is 3.78. The molecule has 0 bridgehead atoms. The lowest BCUT2D eigenvalue weighted by Crippen LogP contribution is -2.52. The van der Waals surface area contributed by atoms with E-state index in [-0.39, 0.29) is 26.1 Å². The van der Waals surface area contributed by atoms with Crippen molar-refractivity contribution in [3.63, 3.8) is 0 Å². The third kappa shape index (κ3) is 6.65. The summed E-state index contributed by atoms with van der Waals surface area (Å²) >= 11 is 12.4. The highest BCUT2D eigenvalue weighted by Crippen LogP contribution is 2.28. The van der Waals surface area contributed by atoms with Crippen LogP contribution in [0.5, 0.6) is 5.75 Å². The number of oxime groups is 1. The quantitative estimate of drug-likeness (QED) is 0.322. The summed E-state index contributed by atoms with van der Waals surface area (Å²) in [5.41, 5.74) is 1.82. The van der Waals surface area contributed by atoms with Crippen molar-refractivity contribution < 1.29 is 23.9 Å². The maximum absolute atomic E-state index is 13.2. The number of ether oxygens (including phenoxy) is 2. The summed E-state index contributed by atoms with van der Waals surface area (Å²) in [5, 5.41) is 7.99. The van der Waals surface area contributed by atoms with E-state index in [1.54, 1.807) is 44.2 Å². The molecule has 198 valence electrons. The molecule has 3 aromatic carbocycles. The summed E-state index contributed by atoms with van der Waals surface area (Å²) in [5.74, 6) is -0.360. The van der Waals surface area contributed by atoms with Crippen molar-refractivity contribution in [3.05, 3.63) is 99.5 Å². The molecule has 0 saturated heterocycles. The lowest BCUT2D eigenvalue weighted by Gasteiger charge is -2.24. The zero-order chi connectivity index (χ0) is 27.1. The molecule has 0 aliphatic carbocycles.